The van der Waals surface area contributed by atoms with Gasteiger partial charge in [-0.2, -0.15) is 0 Å². The zero-order chi connectivity index (χ0) is 16.9. The van der Waals surface area contributed by atoms with E-state index in [1.807, 2.05) is 25.2 Å². The Hall–Kier alpha value is -1.18. The van der Waals surface area contributed by atoms with Crippen LogP contribution in [0.2, 0.25) is 0 Å². The van der Waals surface area contributed by atoms with Crippen LogP contribution in [0.5, 0.6) is 11.5 Å². The zero-order valence-electron chi connectivity index (χ0n) is 15.4. The lowest BCUT2D eigenvalue weighted by Crippen LogP contribution is -2.41. The second kappa shape index (κ2) is 9.34. The minimum Gasteiger partial charge on any atom is -0.497 e. The zero-order valence-corrected chi connectivity index (χ0v) is 17.7. The molecule has 0 saturated carbocycles. The molecule has 0 atom stereocenters. The van der Waals surface area contributed by atoms with Crippen molar-refractivity contribution in [3.8, 4) is 11.5 Å². The number of aliphatic imine (C=N–C) groups is 1. The number of rotatable bonds is 5. The number of guanidine groups is 1. The van der Waals surface area contributed by atoms with E-state index in [0.717, 1.165) is 49.1 Å². The summed E-state index contributed by atoms with van der Waals surface area (Å²) < 4.78 is 10.7. The normalized spacial score (nSPS) is 16.5. The summed E-state index contributed by atoms with van der Waals surface area (Å²) in [7, 11) is 5.23. The van der Waals surface area contributed by atoms with Crippen molar-refractivity contribution in [2.24, 2.45) is 10.4 Å². The molecule has 1 aromatic carbocycles. The van der Waals surface area contributed by atoms with Crippen molar-refractivity contribution in [3.05, 3.63) is 23.8 Å². The molecule has 1 N–H and O–H groups in total. The topological polar surface area (TPSA) is 46.1 Å². The molecule has 0 spiro atoms. The molecule has 136 valence electrons. The summed E-state index contributed by atoms with van der Waals surface area (Å²) in [6.07, 6.45) is 2.06. The molecule has 5 nitrogen and oxygen atoms in total. The number of ether oxygens (including phenoxy) is 2. The van der Waals surface area contributed by atoms with Crippen molar-refractivity contribution in [3.63, 3.8) is 0 Å². The highest BCUT2D eigenvalue weighted by Gasteiger charge is 2.30. The van der Waals surface area contributed by atoms with Gasteiger partial charge in [0.2, 0.25) is 0 Å². The van der Waals surface area contributed by atoms with Crippen LogP contribution >= 0.6 is 24.0 Å². The predicted octanol–water partition coefficient (Wildman–Crippen LogP) is 3.17. The molecule has 0 unspecified atom stereocenters. The number of benzene rings is 1. The van der Waals surface area contributed by atoms with Gasteiger partial charge >= 0.3 is 0 Å². The fourth-order valence-electron chi connectivity index (χ4n) is 3.01. The number of nitrogens with zero attached hydrogens (tertiary/aromatic N) is 2. The Morgan fingerprint density at radius 2 is 2.04 bits per heavy atom. The van der Waals surface area contributed by atoms with E-state index in [-0.39, 0.29) is 24.0 Å². The van der Waals surface area contributed by atoms with Crippen LogP contribution in [0.15, 0.2) is 23.2 Å². The minimum absolute atomic E-state index is 0. The predicted molar refractivity (Wildman–Crippen MR) is 110 cm³/mol. The van der Waals surface area contributed by atoms with Crippen molar-refractivity contribution >= 4 is 29.9 Å². The van der Waals surface area contributed by atoms with Crippen LogP contribution in [0.4, 0.5) is 0 Å². The van der Waals surface area contributed by atoms with Gasteiger partial charge in [-0.15, -0.1) is 24.0 Å². The van der Waals surface area contributed by atoms with Crippen LogP contribution in [0.3, 0.4) is 0 Å². The molecular formula is C18H30IN3O2. The Morgan fingerprint density at radius 1 is 1.29 bits per heavy atom. The standard InChI is InChI=1S/C18H29N3O2.HI/c1-18(2)9-11-21(13-18)17(19-3)20-10-8-14-12-15(22-4)6-7-16(14)23-5;/h6-7,12H,8-11,13H2,1-5H3,(H,19,20);1H. The number of likely N-dealkylation sites (tertiary alicyclic amines) is 1. The molecule has 1 heterocycles. The molecule has 24 heavy (non-hydrogen) atoms. The fourth-order valence-corrected chi connectivity index (χ4v) is 3.01. The highest BCUT2D eigenvalue weighted by Crippen LogP contribution is 2.28. The molecule has 0 amide bonds. The third-order valence-corrected chi connectivity index (χ3v) is 4.35. The van der Waals surface area contributed by atoms with Crippen molar-refractivity contribution in [1.82, 2.24) is 10.2 Å². The van der Waals surface area contributed by atoms with Crippen LogP contribution < -0.4 is 14.8 Å². The molecule has 0 radical (unpaired) electrons. The van der Waals surface area contributed by atoms with E-state index in [1.54, 1.807) is 14.2 Å². The van der Waals surface area contributed by atoms with Crippen molar-refractivity contribution in [1.29, 1.82) is 0 Å². The summed E-state index contributed by atoms with van der Waals surface area (Å²) in [6.45, 7) is 7.54. The average molecular weight is 447 g/mol. The smallest absolute Gasteiger partial charge is 0.193 e. The van der Waals surface area contributed by atoms with E-state index in [4.69, 9.17) is 9.47 Å². The molecule has 0 aromatic heterocycles. The summed E-state index contributed by atoms with van der Waals surface area (Å²) in [4.78, 5) is 6.75. The van der Waals surface area contributed by atoms with Gasteiger partial charge in [-0.05, 0) is 42.0 Å². The molecular weight excluding hydrogens is 417 g/mol. The van der Waals surface area contributed by atoms with Gasteiger partial charge in [0.1, 0.15) is 11.5 Å². The Labute approximate surface area is 162 Å². The van der Waals surface area contributed by atoms with Crippen LogP contribution in [-0.2, 0) is 6.42 Å². The van der Waals surface area contributed by atoms with Crippen LogP contribution in [0.1, 0.15) is 25.8 Å². The third-order valence-electron chi connectivity index (χ3n) is 4.35. The number of halogens is 1. The molecule has 1 aliphatic rings. The average Bonchev–Trinajstić information content (AvgIpc) is 2.91. The lowest BCUT2D eigenvalue weighted by atomic mass is 9.93. The van der Waals surface area contributed by atoms with Gasteiger partial charge < -0.3 is 19.7 Å². The molecule has 0 bridgehead atoms. The summed E-state index contributed by atoms with van der Waals surface area (Å²) >= 11 is 0. The summed E-state index contributed by atoms with van der Waals surface area (Å²) in [5.74, 6) is 2.73. The number of methoxy groups -OCH3 is 2. The van der Waals surface area contributed by atoms with Gasteiger partial charge in [0.05, 0.1) is 14.2 Å². The van der Waals surface area contributed by atoms with E-state index in [1.165, 1.54) is 6.42 Å². The first-order valence-corrected chi connectivity index (χ1v) is 8.15. The quantitative estimate of drug-likeness (QED) is 0.428. The maximum atomic E-state index is 5.43. The molecule has 2 rings (SSSR count). The minimum atomic E-state index is 0. The molecule has 1 aliphatic heterocycles. The maximum Gasteiger partial charge on any atom is 0.193 e. The highest BCUT2D eigenvalue weighted by atomic mass is 127. The lowest BCUT2D eigenvalue weighted by Gasteiger charge is -2.23. The van der Waals surface area contributed by atoms with Crippen molar-refractivity contribution in [2.75, 3.05) is 40.9 Å². The third kappa shape index (κ3) is 5.43. The Bertz CT molecular complexity index is 561. The van der Waals surface area contributed by atoms with E-state index < -0.39 is 0 Å². The van der Waals surface area contributed by atoms with E-state index in [9.17, 15) is 0 Å². The first-order chi connectivity index (χ1) is 11.0. The van der Waals surface area contributed by atoms with Crippen molar-refractivity contribution in [2.45, 2.75) is 26.7 Å². The van der Waals surface area contributed by atoms with Gasteiger partial charge in [-0.1, -0.05) is 13.8 Å². The van der Waals surface area contributed by atoms with Gasteiger partial charge in [-0.3, -0.25) is 4.99 Å². The Balaban J connectivity index is 0.00000288. The second-order valence-electron chi connectivity index (χ2n) is 6.74. The molecule has 1 aromatic rings. The molecule has 1 fully saturated rings. The van der Waals surface area contributed by atoms with Gasteiger partial charge in [0.15, 0.2) is 5.96 Å². The Morgan fingerprint density at radius 3 is 2.58 bits per heavy atom. The fraction of sp³-hybridized carbons (Fsp3) is 0.611. The van der Waals surface area contributed by atoms with E-state index in [2.05, 4.69) is 29.1 Å². The lowest BCUT2D eigenvalue weighted by molar-refractivity contribution is 0.370. The number of hydrogen-bond donors (Lipinski definition) is 1. The summed E-state index contributed by atoms with van der Waals surface area (Å²) in [5, 5.41) is 3.47. The largest absolute Gasteiger partial charge is 0.497 e. The van der Waals surface area contributed by atoms with Gasteiger partial charge in [0, 0.05) is 26.7 Å². The second-order valence-corrected chi connectivity index (χ2v) is 6.74. The maximum absolute atomic E-state index is 5.43. The summed E-state index contributed by atoms with van der Waals surface area (Å²) in [6, 6.07) is 5.90. The SMILES string of the molecule is CN=C(NCCc1cc(OC)ccc1OC)N1CCC(C)(C)C1.I. The molecule has 0 aliphatic carbocycles. The molecule has 6 heteroatoms. The van der Waals surface area contributed by atoms with Crippen molar-refractivity contribution < 1.29 is 9.47 Å². The number of nitrogens with one attached hydrogen (secondary N) is 1. The van der Waals surface area contributed by atoms with Crippen LogP contribution in [0.25, 0.3) is 0 Å². The van der Waals surface area contributed by atoms with Gasteiger partial charge in [0.25, 0.3) is 0 Å². The first kappa shape index (κ1) is 20.9. The first-order valence-electron chi connectivity index (χ1n) is 8.15. The molecule has 1 saturated heterocycles. The monoisotopic (exact) mass is 447 g/mol. The van der Waals surface area contributed by atoms with Crippen LogP contribution in [-0.4, -0.2) is 51.8 Å². The highest BCUT2D eigenvalue weighted by molar-refractivity contribution is 14.0. The Kier molecular flexibility index (Phi) is 8.12. The summed E-state index contributed by atoms with van der Waals surface area (Å²) in [5.41, 5.74) is 1.50. The van der Waals surface area contributed by atoms with E-state index in [0.29, 0.717) is 5.41 Å². The number of hydrogen-bond acceptors (Lipinski definition) is 3. The van der Waals surface area contributed by atoms with E-state index >= 15 is 0 Å². The van der Waals surface area contributed by atoms with Crippen LogP contribution in [0, 0.1) is 5.41 Å². The van der Waals surface area contributed by atoms with Gasteiger partial charge in [-0.25, -0.2) is 0 Å².